The molecule has 0 bridgehead atoms. The topological polar surface area (TPSA) is 80.2 Å². The molecule has 0 unspecified atom stereocenters. The van der Waals surface area contributed by atoms with Crippen LogP contribution in [0, 0.1) is 0 Å². The fourth-order valence-corrected chi connectivity index (χ4v) is 3.40. The van der Waals surface area contributed by atoms with Gasteiger partial charge < -0.3 is 4.57 Å². The molecule has 0 saturated carbocycles. The summed E-state index contributed by atoms with van der Waals surface area (Å²) in [5, 5.41) is 0.284. The summed E-state index contributed by atoms with van der Waals surface area (Å²) in [6, 6.07) is 16.3. The Morgan fingerprint density at radius 3 is 2.40 bits per heavy atom. The molecule has 0 atom stereocenters. The van der Waals surface area contributed by atoms with Crippen molar-refractivity contribution in [3.05, 3.63) is 83.6 Å². The van der Waals surface area contributed by atoms with Gasteiger partial charge in [-0.15, -0.1) is 4.83 Å². The predicted octanol–water partition coefficient (Wildman–Crippen LogP) is 2.75. The van der Waals surface area contributed by atoms with Gasteiger partial charge in [-0.05, 0) is 42.5 Å². The first-order valence-electron chi connectivity index (χ1n) is 7.27. The zero-order valence-electron chi connectivity index (χ0n) is 12.9. The lowest BCUT2D eigenvalue weighted by Crippen LogP contribution is -2.41. The van der Waals surface area contributed by atoms with Crippen molar-refractivity contribution in [1.29, 1.82) is 0 Å². The Labute approximate surface area is 150 Å². The number of carbonyl (C=O) groups is 1. The summed E-state index contributed by atoms with van der Waals surface area (Å²) in [7, 11) is -3.93. The number of carbonyl (C=O) groups excluding carboxylic acids is 1. The van der Waals surface area contributed by atoms with Gasteiger partial charge in [-0.2, -0.15) is 0 Å². The zero-order valence-corrected chi connectivity index (χ0v) is 14.5. The molecule has 1 heterocycles. The summed E-state index contributed by atoms with van der Waals surface area (Å²) >= 11 is 5.81. The number of hydrogen-bond donors (Lipinski definition) is 2. The van der Waals surface area contributed by atoms with Crippen molar-refractivity contribution in [2.24, 2.45) is 0 Å². The number of hydrogen-bond acceptors (Lipinski definition) is 3. The lowest BCUT2D eigenvalue weighted by Gasteiger charge is -2.12. The van der Waals surface area contributed by atoms with Gasteiger partial charge in [-0.1, -0.05) is 29.8 Å². The normalized spacial score (nSPS) is 11.2. The van der Waals surface area contributed by atoms with Crippen LogP contribution < -0.4 is 10.3 Å². The smallest absolute Gasteiger partial charge is 0.268 e. The molecule has 0 fully saturated rings. The second-order valence-electron chi connectivity index (χ2n) is 5.12. The minimum Gasteiger partial charge on any atom is -0.323 e. The molecule has 0 spiro atoms. The molecule has 0 aliphatic heterocycles. The van der Waals surface area contributed by atoms with E-state index in [-0.39, 0.29) is 9.92 Å². The van der Waals surface area contributed by atoms with Crippen molar-refractivity contribution in [1.82, 2.24) is 14.8 Å². The lowest BCUT2D eigenvalue weighted by atomic mass is 10.1. The maximum atomic E-state index is 12.4. The predicted molar refractivity (Wildman–Crippen MR) is 95.0 cm³/mol. The van der Waals surface area contributed by atoms with Gasteiger partial charge in [-0.3, -0.25) is 10.2 Å². The van der Waals surface area contributed by atoms with Gasteiger partial charge in [0.1, 0.15) is 0 Å². The zero-order chi connectivity index (χ0) is 17.9. The minimum absolute atomic E-state index is 0.0426. The summed E-state index contributed by atoms with van der Waals surface area (Å²) in [6.45, 7) is 0. The van der Waals surface area contributed by atoms with Crippen LogP contribution in [-0.2, 0) is 10.0 Å². The fourth-order valence-electron chi connectivity index (χ4n) is 2.26. The van der Waals surface area contributed by atoms with Crippen LogP contribution in [0.4, 0.5) is 0 Å². The minimum atomic E-state index is -3.93. The van der Waals surface area contributed by atoms with Crippen LogP contribution in [0.15, 0.2) is 78.0 Å². The highest BCUT2D eigenvalue weighted by Crippen LogP contribution is 2.16. The van der Waals surface area contributed by atoms with Gasteiger partial charge in [0.25, 0.3) is 15.9 Å². The number of hydrazine groups is 1. The van der Waals surface area contributed by atoms with E-state index in [0.717, 1.165) is 0 Å². The van der Waals surface area contributed by atoms with E-state index in [9.17, 15) is 13.2 Å². The second kappa shape index (κ2) is 7.10. The maximum absolute atomic E-state index is 12.4. The van der Waals surface area contributed by atoms with E-state index in [1.807, 2.05) is 12.1 Å². The van der Waals surface area contributed by atoms with Crippen LogP contribution in [0.2, 0.25) is 5.02 Å². The van der Waals surface area contributed by atoms with Gasteiger partial charge in [-0.25, -0.2) is 8.42 Å². The number of sulfonamides is 1. The highest BCUT2D eigenvalue weighted by atomic mass is 35.5. The molecule has 25 heavy (non-hydrogen) atoms. The van der Waals surface area contributed by atoms with Crippen molar-refractivity contribution < 1.29 is 13.2 Å². The standard InChI is InChI=1S/C17H14ClN3O3S/c18-13-6-5-7-14(12-13)25(23,24)20-19-17(22)15-8-1-2-9-16(15)21-10-3-4-11-21/h1-12,20H,(H,19,22). The summed E-state index contributed by atoms with van der Waals surface area (Å²) in [5.41, 5.74) is 3.18. The van der Waals surface area contributed by atoms with E-state index in [1.165, 1.54) is 18.2 Å². The average molecular weight is 376 g/mol. The molecule has 0 aliphatic rings. The SMILES string of the molecule is O=C(NNS(=O)(=O)c1cccc(Cl)c1)c1ccccc1-n1cccc1. The molecular weight excluding hydrogens is 362 g/mol. The number of benzene rings is 2. The molecule has 8 heteroatoms. The quantitative estimate of drug-likeness (QED) is 0.673. The van der Waals surface area contributed by atoms with Gasteiger partial charge >= 0.3 is 0 Å². The molecule has 3 aromatic rings. The third-order valence-electron chi connectivity index (χ3n) is 3.44. The Hall–Kier alpha value is -2.61. The Morgan fingerprint density at radius 1 is 0.960 bits per heavy atom. The third kappa shape index (κ3) is 3.90. The number of rotatable bonds is 5. The second-order valence-corrected chi connectivity index (χ2v) is 7.24. The molecule has 2 aromatic carbocycles. The summed E-state index contributed by atoms with van der Waals surface area (Å²) in [6.07, 6.45) is 3.59. The van der Waals surface area contributed by atoms with E-state index >= 15 is 0 Å². The van der Waals surface area contributed by atoms with Gasteiger partial charge in [0.15, 0.2) is 0 Å². The van der Waals surface area contributed by atoms with Crippen molar-refractivity contribution >= 4 is 27.5 Å². The molecule has 6 nitrogen and oxygen atoms in total. The van der Waals surface area contributed by atoms with Crippen molar-refractivity contribution in [2.75, 3.05) is 0 Å². The van der Waals surface area contributed by atoms with Gasteiger partial charge in [0.2, 0.25) is 0 Å². The van der Waals surface area contributed by atoms with Gasteiger partial charge in [0, 0.05) is 17.4 Å². The molecule has 1 aromatic heterocycles. The van der Waals surface area contributed by atoms with Crippen molar-refractivity contribution in [2.45, 2.75) is 4.90 Å². The number of amides is 1. The number of aromatic nitrogens is 1. The van der Waals surface area contributed by atoms with Crippen LogP contribution in [0.1, 0.15) is 10.4 Å². The first-order valence-corrected chi connectivity index (χ1v) is 9.13. The summed E-state index contributed by atoms with van der Waals surface area (Å²) < 4.78 is 26.3. The summed E-state index contributed by atoms with van der Waals surface area (Å²) in [4.78, 5) is 14.5. The van der Waals surface area contributed by atoms with E-state index in [4.69, 9.17) is 11.6 Å². The monoisotopic (exact) mass is 375 g/mol. The Kier molecular flexibility index (Phi) is 4.89. The molecule has 0 aliphatic carbocycles. The van der Waals surface area contributed by atoms with Crippen LogP contribution in [0.3, 0.4) is 0 Å². The van der Waals surface area contributed by atoms with E-state index < -0.39 is 15.9 Å². The molecule has 3 rings (SSSR count). The third-order valence-corrected chi connectivity index (χ3v) is 4.92. The average Bonchev–Trinajstić information content (AvgIpc) is 3.14. The number of para-hydroxylation sites is 1. The highest BCUT2D eigenvalue weighted by molar-refractivity contribution is 7.89. The molecule has 0 radical (unpaired) electrons. The number of nitrogens with zero attached hydrogens (tertiary/aromatic N) is 1. The van der Waals surface area contributed by atoms with Gasteiger partial charge in [0.05, 0.1) is 16.1 Å². The Morgan fingerprint density at radius 2 is 1.68 bits per heavy atom. The first-order chi connectivity index (χ1) is 12.0. The molecule has 1 amide bonds. The van der Waals surface area contributed by atoms with E-state index in [0.29, 0.717) is 11.3 Å². The highest BCUT2D eigenvalue weighted by Gasteiger charge is 2.17. The molecule has 2 N–H and O–H groups in total. The van der Waals surface area contributed by atoms with E-state index in [1.54, 1.807) is 47.3 Å². The summed E-state index contributed by atoms with van der Waals surface area (Å²) in [5.74, 6) is -0.574. The van der Waals surface area contributed by atoms with E-state index in [2.05, 4.69) is 10.3 Å². The molecular formula is C17H14ClN3O3S. The van der Waals surface area contributed by atoms with Crippen molar-refractivity contribution in [3.8, 4) is 5.69 Å². The lowest BCUT2D eigenvalue weighted by molar-refractivity contribution is 0.0945. The maximum Gasteiger partial charge on any atom is 0.268 e. The molecule has 128 valence electrons. The Balaban J connectivity index is 1.80. The van der Waals surface area contributed by atoms with Crippen LogP contribution in [-0.4, -0.2) is 18.9 Å². The Bertz CT molecular complexity index is 1000. The number of halogens is 1. The van der Waals surface area contributed by atoms with Crippen LogP contribution in [0.5, 0.6) is 0 Å². The largest absolute Gasteiger partial charge is 0.323 e. The number of nitrogens with one attached hydrogen (secondary N) is 2. The van der Waals surface area contributed by atoms with Crippen LogP contribution in [0.25, 0.3) is 5.69 Å². The molecule has 0 saturated heterocycles. The first kappa shape index (κ1) is 17.2. The van der Waals surface area contributed by atoms with Crippen molar-refractivity contribution in [3.63, 3.8) is 0 Å². The van der Waals surface area contributed by atoms with Crippen LogP contribution >= 0.6 is 11.6 Å². The fraction of sp³-hybridized carbons (Fsp3) is 0.